The zero-order chi connectivity index (χ0) is 22.0. The highest BCUT2D eigenvalue weighted by Crippen LogP contribution is 2.37. The number of hydrogen-bond donors (Lipinski definition) is 1. The third kappa shape index (κ3) is 4.12. The molecule has 0 saturated heterocycles. The van der Waals surface area contributed by atoms with Crippen molar-refractivity contribution in [3.05, 3.63) is 46.9 Å². The summed E-state index contributed by atoms with van der Waals surface area (Å²) >= 11 is 0. The van der Waals surface area contributed by atoms with Crippen molar-refractivity contribution in [3.63, 3.8) is 0 Å². The number of nitrogens with one attached hydrogen (secondary N) is 1. The van der Waals surface area contributed by atoms with Gasteiger partial charge in [-0.3, -0.25) is 0 Å². The summed E-state index contributed by atoms with van der Waals surface area (Å²) in [5, 5.41) is 7.42. The van der Waals surface area contributed by atoms with E-state index in [4.69, 9.17) is 14.2 Å². The van der Waals surface area contributed by atoms with Crippen LogP contribution in [0, 0.1) is 0 Å². The number of anilines is 1. The highest BCUT2D eigenvalue weighted by Gasteiger charge is 2.37. The second-order valence-corrected chi connectivity index (χ2v) is 7.70. The second-order valence-electron chi connectivity index (χ2n) is 7.70. The summed E-state index contributed by atoms with van der Waals surface area (Å²) in [6, 6.07) is 6.74. The van der Waals surface area contributed by atoms with E-state index in [9.17, 15) is 9.59 Å². The van der Waals surface area contributed by atoms with Crippen molar-refractivity contribution in [1.82, 2.24) is 14.8 Å². The largest absolute Gasteiger partial charge is 0.497 e. The van der Waals surface area contributed by atoms with Crippen LogP contribution < -0.4 is 10.1 Å². The minimum atomic E-state index is -0.652. The number of hydrogen-bond acceptors (Lipinski definition) is 8. The van der Waals surface area contributed by atoms with Crippen LogP contribution in [0.5, 0.6) is 5.75 Å². The molecule has 9 nitrogen and oxygen atoms in total. The highest BCUT2D eigenvalue weighted by atomic mass is 16.5. The van der Waals surface area contributed by atoms with E-state index in [1.54, 1.807) is 14.0 Å². The van der Waals surface area contributed by atoms with Gasteiger partial charge >= 0.3 is 11.9 Å². The number of esters is 2. The molecule has 0 amide bonds. The van der Waals surface area contributed by atoms with E-state index in [-0.39, 0.29) is 11.9 Å². The Morgan fingerprint density at radius 3 is 2.42 bits per heavy atom. The maximum absolute atomic E-state index is 13.3. The Kier molecular flexibility index (Phi) is 5.92. The number of allylic oxidation sites excluding steroid dienone is 1. The Morgan fingerprint density at radius 1 is 1.06 bits per heavy atom. The Bertz CT molecular complexity index is 1010. The van der Waals surface area contributed by atoms with Gasteiger partial charge in [0.2, 0.25) is 5.95 Å². The van der Waals surface area contributed by atoms with Gasteiger partial charge in [-0.15, -0.1) is 5.10 Å². The van der Waals surface area contributed by atoms with Gasteiger partial charge in [0, 0.05) is 5.70 Å². The topological polar surface area (TPSA) is 105 Å². The summed E-state index contributed by atoms with van der Waals surface area (Å²) in [5.74, 6) is -0.0791. The zero-order valence-electron chi connectivity index (χ0n) is 17.9. The van der Waals surface area contributed by atoms with Crippen molar-refractivity contribution in [2.45, 2.75) is 51.2 Å². The summed E-state index contributed by atoms with van der Waals surface area (Å²) < 4.78 is 17.4. The second kappa shape index (κ2) is 8.79. The number of methoxy groups -OCH3 is 2. The molecule has 1 N–H and O–H groups in total. The average Bonchev–Trinajstić information content (AvgIpc) is 3.22. The Balaban J connectivity index is 1.74. The van der Waals surface area contributed by atoms with E-state index in [1.165, 1.54) is 18.2 Å². The molecule has 4 rings (SSSR count). The lowest BCUT2D eigenvalue weighted by Gasteiger charge is -2.30. The molecule has 164 valence electrons. The number of nitrogens with zero attached hydrogens (tertiary/aromatic N) is 3. The van der Waals surface area contributed by atoms with Gasteiger partial charge in [0.25, 0.3) is 5.82 Å². The molecule has 9 heteroatoms. The molecule has 1 atom stereocenters. The van der Waals surface area contributed by atoms with Crippen LogP contribution in [0.2, 0.25) is 0 Å². The Labute approximate surface area is 180 Å². The zero-order valence-corrected chi connectivity index (χ0v) is 17.9. The fourth-order valence-corrected chi connectivity index (χ4v) is 4.09. The molecule has 1 aromatic carbocycles. The Hall–Kier alpha value is -3.36. The van der Waals surface area contributed by atoms with E-state index in [2.05, 4.69) is 15.4 Å². The van der Waals surface area contributed by atoms with Crippen molar-refractivity contribution in [3.8, 4) is 5.75 Å². The lowest BCUT2D eigenvalue weighted by Crippen LogP contribution is -2.32. The van der Waals surface area contributed by atoms with Crippen LogP contribution in [-0.4, -0.2) is 47.0 Å². The molecule has 31 heavy (non-hydrogen) atoms. The first-order valence-electron chi connectivity index (χ1n) is 10.4. The highest BCUT2D eigenvalue weighted by molar-refractivity contribution is 5.93. The molecule has 0 bridgehead atoms. The molecule has 0 radical (unpaired) electrons. The number of carbonyl (C=O) groups excluding carboxylic acids is 2. The summed E-state index contributed by atoms with van der Waals surface area (Å²) in [5.41, 5.74) is 1.84. The number of benzene rings is 1. The molecule has 2 aliphatic rings. The molecule has 1 aliphatic heterocycles. The van der Waals surface area contributed by atoms with Crippen LogP contribution in [0.4, 0.5) is 5.95 Å². The first-order chi connectivity index (χ1) is 15.0. The molecule has 1 fully saturated rings. The van der Waals surface area contributed by atoms with Crippen molar-refractivity contribution >= 4 is 17.9 Å². The molecule has 2 heterocycles. The predicted octanol–water partition coefficient (Wildman–Crippen LogP) is 3.24. The third-order valence-electron chi connectivity index (χ3n) is 5.70. The first kappa shape index (κ1) is 20.9. The van der Waals surface area contributed by atoms with Gasteiger partial charge in [-0.2, -0.15) is 4.98 Å². The minimum absolute atomic E-state index is 0.0826. The maximum Gasteiger partial charge on any atom is 0.378 e. The summed E-state index contributed by atoms with van der Waals surface area (Å²) in [4.78, 5) is 29.5. The lowest BCUT2D eigenvalue weighted by molar-refractivity contribution is -0.146. The van der Waals surface area contributed by atoms with Gasteiger partial charge in [0.1, 0.15) is 17.9 Å². The van der Waals surface area contributed by atoms with Crippen molar-refractivity contribution < 1.29 is 23.8 Å². The minimum Gasteiger partial charge on any atom is -0.497 e. The molecular weight excluding hydrogens is 400 g/mol. The fourth-order valence-electron chi connectivity index (χ4n) is 4.09. The van der Waals surface area contributed by atoms with Gasteiger partial charge in [-0.05, 0) is 50.3 Å². The normalized spacial score (nSPS) is 18.7. The quantitative estimate of drug-likeness (QED) is 0.727. The molecule has 0 unspecified atom stereocenters. The number of rotatable bonds is 5. The molecule has 1 aromatic heterocycles. The smallest absolute Gasteiger partial charge is 0.378 e. The van der Waals surface area contributed by atoms with Crippen molar-refractivity contribution in [2.24, 2.45) is 0 Å². The number of aromatic nitrogens is 3. The molecule has 1 saturated carbocycles. The lowest BCUT2D eigenvalue weighted by atomic mass is 9.95. The van der Waals surface area contributed by atoms with E-state index in [1.807, 2.05) is 24.3 Å². The first-order valence-corrected chi connectivity index (χ1v) is 10.4. The SMILES string of the molecule is COC(=O)c1nc2n(n1)[C@@H](c1ccc(OC)cc1)C(C(=O)OC1CCCCC1)=C(C)N2. The van der Waals surface area contributed by atoms with E-state index < -0.39 is 18.0 Å². The molecule has 2 aromatic rings. The molecular formula is C22H26N4O5. The third-order valence-corrected chi connectivity index (χ3v) is 5.70. The monoisotopic (exact) mass is 426 g/mol. The number of fused-ring (bicyclic) bond motifs is 1. The van der Waals surface area contributed by atoms with Crippen LogP contribution in [0.15, 0.2) is 35.5 Å². The average molecular weight is 426 g/mol. The number of ether oxygens (including phenoxy) is 3. The number of carbonyl (C=O) groups is 2. The van der Waals surface area contributed by atoms with Gasteiger partial charge in [-0.25, -0.2) is 14.3 Å². The maximum atomic E-state index is 13.3. The van der Waals surface area contributed by atoms with Gasteiger partial charge < -0.3 is 19.5 Å². The van der Waals surface area contributed by atoms with E-state index in [0.29, 0.717) is 23.0 Å². The van der Waals surface area contributed by atoms with Crippen molar-refractivity contribution in [2.75, 3.05) is 19.5 Å². The van der Waals surface area contributed by atoms with E-state index >= 15 is 0 Å². The van der Waals surface area contributed by atoms with E-state index in [0.717, 1.165) is 31.2 Å². The van der Waals surface area contributed by atoms with Crippen LogP contribution in [0.3, 0.4) is 0 Å². The molecule has 0 spiro atoms. The van der Waals surface area contributed by atoms with Crippen LogP contribution in [0.25, 0.3) is 0 Å². The summed E-state index contributed by atoms with van der Waals surface area (Å²) in [6.45, 7) is 1.80. The summed E-state index contributed by atoms with van der Waals surface area (Å²) in [6.07, 6.45) is 4.96. The fraction of sp³-hybridized carbons (Fsp3) is 0.455. The van der Waals surface area contributed by atoms with Crippen LogP contribution >= 0.6 is 0 Å². The summed E-state index contributed by atoms with van der Waals surface area (Å²) in [7, 11) is 2.86. The van der Waals surface area contributed by atoms with Crippen molar-refractivity contribution in [1.29, 1.82) is 0 Å². The Morgan fingerprint density at radius 2 is 1.77 bits per heavy atom. The van der Waals surface area contributed by atoms with Gasteiger partial charge in [0.05, 0.1) is 19.8 Å². The standard InChI is InChI=1S/C22H26N4O5/c1-13-17(20(27)31-16-7-5-4-6-8-16)18(14-9-11-15(29-2)12-10-14)26-22(23-13)24-19(25-26)21(28)30-3/h9-12,16,18H,4-8H2,1-3H3,(H,23,24,25)/t18-/m0/s1. The predicted molar refractivity (Wildman–Crippen MR) is 112 cm³/mol. The van der Waals surface area contributed by atoms with Crippen LogP contribution in [0.1, 0.15) is 61.3 Å². The van der Waals surface area contributed by atoms with Gasteiger partial charge in [-0.1, -0.05) is 18.6 Å². The van der Waals surface area contributed by atoms with Crippen LogP contribution in [-0.2, 0) is 14.3 Å². The molecule has 1 aliphatic carbocycles. The van der Waals surface area contributed by atoms with Gasteiger partial charge in [0.15, 0.2) is 0 Å².